The Bertz CT molecular complexity index is 156. The van der Waals surface area contributed by atoms with Crippen LogP contribution < -0.4 is 0 Å². The van der Waals surface area contributed by atoms with Gasteiger partial charge in [0.05, 0.1) is 13.2 Å². The maximum absolute atomic E-state index is 10.9. The molecule has 0 saturated carbocycles. The molecule has 0 amide bonds. The molecule has 0 aromatic rings. The molecule has 0 spiro atoms. The third-order valence-corrected chi connectivity index (χ3v) is 1.59. The summed E-state index contributed by atoms with van der Waals surface area (Å²) < 4.78 is 9.25. The van der Waals surface area contributed by atoms with Gasteiger partial charge in [-0.25, -0.2) is 4.79 Å². The van der Waals surface area contributed by atoms with Crippen LogP contribution in [0.25, 0.3) is 0 Å². The molecule has 4 heteroatoms. The maximum Gasteiger partial charge on any atom is 0.417 e. The van der Waals surface area contributed by atoms with Crippen molar-refractivity contribution in [1.82, 2.24) is 0 Å². The predicted octanol–water partition coefficient (Wildman–Crippen LogP) is 1.40. The second kappa shape index (κ2) is 10.0. The van der Waals surface area contributed by atoms with E-state index in [2.05, 4.69) is 11.7 Å². The van der Waals surface area contributed by atoms with Gasteiger partial charge in [-0.05, 0) is 19.3 Å². The summed E-state index contributed by atoms with van der Waals surface area (Å²) in [5.74, 6) is -0.184. The fourth-order valence-corrected chi connectivity index (χ4v) is 0.845. The highest BCUT2D eigenvalue weighted by Gasteiger charge is 2.00. The summed E-state index contributed by atoms with van der Waals surface area (Å²) in [4.78, 5) is 20.6. The highest BCUT2D eigenvalue weighted by atomic mass is 16.5. The fourth-order valence-electron chi connectivity index (χ4n) is 0.845. The van der Waals surface area contributed by atoms with Crippen molar-refractivity contribution in [1.29, 1.82) is 0 Å². The predicted molar refractivity (Wildman–Crippen MR) is 51.0 cm³/mol. The lowest BCUT2D eigenvalue weighted by atomic mass is 10.2. The number of esters is 1. The van der Waals surface area contributed by atoms with Crippen LogP contribution in [0.15, 0.2) is 0 Å². The van der Waals surface area contributed by atoms with Gasteiger partial charge < -0.3 is 9.47 Å². The summed E-state index contributed by atoms with van der Waals surface area (Å²) in [6.45, 7) is 5.68. The minimum absolute atomic E-state index is 0.184. The van der Waals surface area contributed by atoms with Gasteiger partial charge in [-0.1, -0.05) is 13.3 Å². The van der Waals surface area contributed by atoms with Gasteiger partial charge in [-0.15, -0.1) is 0 Å². The Balaban J connectivity index is 3.10. The van der Waals surface area contributed by atoms with Gasteiger partial charge in [-0.3, -0.25) is 4.79 Å². The van der Waals surface area contributed by atoms with Crippen molar-refractivity contribution in [3.8, 4) is 0 Å². The minimum atomic E-state index is -0.184. The van der Waals surface area contributed by atoms with Crippen LogP contribution in [-0.4, -0.2) is 25.7 Å². The number of hydrogen-bond donors (Lipinski definition) is 0. The molecule has 0 aliphatic heterocycles. The molecule has 14 heavy (non-hydrogen) atoms. The number of carbonyl (C=O) groups excluding carboxylic acids is 2. The third kappa shape index (κ3) is 9.03. The van der Waals surface area contributed by atoms with Gasteiger partial charge in [0.2, 0.25) is 0 Å². The van der Waals surface area contributed by atoms with E-state index in [1.807, 2.05) is 0 Å². The largest absolute Gasteiger partial charge is 0.466 e. The summed E-state index contributed by atoms with van der Waals surface area (Å²) in [7, 11) is 0. The SMILES string of the molecule is [CH2]CCCC(=O)OCCCCO[C]=O. The second-order valence-corrected chi connectivity index (χ2v) is 2.82. The van der Waals surface area contributed by atoms with E-state index in [4.69, 9.17) is 4.74 Å². The van der Waals surface area contributed by atoms with Crippen LogP contribution in [-0.2, 0) is 19.1 Å². The minimum Gasteiger partial charge on any atom is -0.466 e. The molecule has 0 aromatic heterocycles. The molecule has 0 aliphatic carbocycles. The van der Waals surface area contributed by atoms with Gasteiger partial charge >= 0.3 is 12.4 Å². The molecule has 4 nitrogen and oxygen atoms in total. The summed E-state index contributed by atoms with van der Waals surface area (Å²) in [6.07, 6.45) is 3.35. The Hall–Kier alpha value is -1.06. The number of hydrogen-bond acceptors (Lipinski definition) is 4. The second-order valence-electron chi connectivity index (χ2n) is 2.82. The van der Waals surface area contributed by atoms with Crippen molar-refractivity contribution < 1.29 is 19.1 Å². The molecule has 0 rings (SSSR count). The van der Waals surface area contributed by atoms with E-state index in [0.29, 0.717) is 32.5 Å². The molecule has 0 bridgehead atoms. The molecule has 0 aromatic carbocycles. The van der Waals surface area contributed by atoms with Crippen LogP contribution in [0.3, 0.4) is 0 Å². The Labute approximate surface area is 84.6 Å². The lowest BCUT2D eigenvalue weighted by molar-refractivity contribution is -0.143. The first-order valence-electron chi connectivity index (χ1n) is 4.75. The quantitative estimate of drug-likeness (QED) is 0.417. The smallest absolute Gasteiger partial charge is 0.417 e. The van der Waals surface area contributed by atoms with Crippen LogP contribution in [0.4, 0.5) is 0 Å². The monoisotopic (exact) mass is 200 g/mol. The number of rotatable bonds is 9. The molecule has 0 heterocycles. The van der Waals surface area contributed by atoms with Gasteiger partial charge in [0.25, 0.3) is 0 Å². The molecule has 0 N–H and O–H groups in total. The lowest BCUT2D eigenvalue weighted by Crippen LogP contribution is -2.06. The van der Waals surface area contributed by atoms with Crippen molar-refractivity contribution in [3.05, 3.63) is 6.92 Å². The molecule has 0 saturated heterocycles. The Kier molecular flexibility index (Phi) is 9.26. The summed E-state index contributed by atoms with van der Waals surface area (Å²) in [6, 6.07) is 0. The van der Waals surface area contributed by atoms with Crippen LogP contribution in [0.1, 0.15) is 32.1 Å². The van der Waals surface area contributed by atoms with Crippen molar-refractivity contribution >= 4 is 12.4 Å². The van der Waals surface area contributed by atoms with Gasteiger partial charge in [-0.2, -0.15) is 0 Å². The summed E-state index contributed by atoms with van der Waals surface area (Å²) >= 11 is 0. The average Bonchev–Trinajstić information content (AvgIpc) is 2.20. The van der Waals surface area contributed by atoms with E-state index in [-0.39, 0.29) is 5.97 Å². The van der Waals surface area contributed by atoms with E-state index >= 15 is 0 Å². The molecule has 0 fully saturated rings. The van der Waals surface area contributed by atoms with Crippen LogP contribution in [0.5, 0.6) is 0 Å². The highest BCUT2D eigenvalue weighted by Crippen LogP contribution is 1.98. The van der Waals surface area contributed by atoms with Crippen molar-refractivity contribution in [3.63, 3.8) is 0 Å². The van der Waals surface area contributed by atoms with Crippen molar-refractivity contribution in [2.75, 3.05) is 13.2 Å². The van der Waals surface area contributed by atoms with E-state index in [1.165, 1.54) is 6.47 Å². The molecular formula is C10H16O4. The van der Waals surface area contributed by atoms with Crippen molar-refractivity contribution in [2.45, 2.75) is 32.1 Å². The zero-order valence-electron chi connectivity index (χ0n) is 8.29. The maximum atomic E-state index is 10.9. The van der Waals surface area contributed by atoms with Gasteiger partial charge in [0.1, 0.15) is 0 Å². The zero-order chi connectivity index (χ0) is 10.6. The first-order valence-corrected chi connectivity index (χ1v) is 4.75. The molecular weight excluding hydrogens is 184 g/mol. The molecule has 2 radical (unpaired) electrons. The molecule has 0 unspecified atom stereocenters. The topological polar surface area (TPSA) is 52.6 Å². The average molecular weight is 200 g/mol. The first-order chi connectivity index (χ1) is 6.81. The number of ether oxygens (including phenoxy) is 2. The van der Waals surface area contributed by atoms with E-state index in [1.54, 1.807) is 0 Å². The van der Waals surface area contributed by atoms with Crippen LogP contribution >= 0.6 is 0 Å². The lowest BCUT2D eigenvalue weighted by Gasteiger charge is -2.03. The Morgan fingerprint density at radius 3 is 2.57 bits per heavy atom. The number of carbonyl (C=O) groups is 1. The Morgan fingerprint density at radius 2 is 1.93 bits per heavy atom. The highest BCUT2D eigenvalue weighted by molar-refractivity contribution is 5.69. The van der Waals surface area contributed by atoms with E-state index in [0.717, 1.165) is 12.8 Å². The fraction of sp³-hybridized carbons (Fsp3) is 0.700. The molecule has 0 aliphatic rings. The number of unbranched alkanes of at least 4 members (excludes halogenated alkanes) is 2. The normalized spacial score (nSPS) is 9.50. The zero-order valence-corrected chi connectivity index (χ0v) is 8.29. The first kappa shape index (κ1) is 12.9. The summed E-state index contributed by atoms with van der Waals surface area (Å²) in [5, 5.41) is 0. The van der Waals surface area contributed by atoms with Crippen LogP contribution in [0, 0.1) is 6.92 Å². The molecule has 80 valence electrons. The standard InChI is InChI=1S/C10H16O4/c1-2-3-6-10(12)14-8-5-4-7-13-9-11/h1-8H2. The van der Waals surface area contributed by atoms with Crippen LogP contribution in [0.2, 0.25) is 0 Å². The van der Waals surface area contributed by atoms with Gasteiger partial charge in [0.15, 0.2) is 0 Å². The third-order valence-electron chi connectivity index (χ3n) is 1.59. The van der Waals surface area contributed by atoms with Crippen molar-refractivity contribution in [2.24, 2.45) is 0 Å². The van der Waals surface area contributed by atoms with E-state index < -0.39 is 0 Å². The summed E-state index contributed by atoms with van der Waals surface area (Å²) in [5.41, 5.74) is 0. The van der Waals surface area contributed by atoms with E-state index in [9.17, 15) is 9.59 Å². The Morgan fingerprint density at radius 1 is 1.21 bits per heavy atom. The molecule has 0 atom stereocenters. The van der Waals surface area contributed by atoms with Gasteiger partial charge in [0, 0.05) is 6.42 Å².